The number of piperidine rings is 1. The first-order chi connectivity index (χ1) is 11.7. The van der Waals surface area contributed by atoms with Gasteiger partial charge in [0, 0.05) is 31.9 Å². The van der Waals surface area contributed by atoms with E-state index in [-0.39, 0.29) is 0 Å². The summed E-state index contributed by atoms with van der Waals surface area (Å²) in [6.45, 7) is 5.33. The van der Waals surface area contributed by atoms with E-state index >= 15 is 0 Å². The number of hydrogen-bond acceptors (Lipinski definition) is 3. The second-order valence-electron chi connectivity index (χ2n) is 6.33. The van der Waals surface area contributed by atoms with Gasteiger partial charge < -0.3 is 15.5 Å². The third kappa shape index (κ3) is 5.87. The van der Waals surface area contributed by atoms with E-state index in [2.05, 4.69) is 39.8 Å². The van der Waals surface area contributed by atoms with Crippen molar-refractivity contribution in [2.75, 3.05) is 31.1 Å². The summed E-state index contributed by atoms with van der Waals surface area (Å²) in [6, 6.07) is 8.72. The lowest BCUT2D eigenvalue weighted by molar-refractivity contribution is -0.139. The highest BCUT2D eigenvalue weighted by atomic mass is 16.2. The molecule has 0 radical (unpaired) electrons. The smallest absolute Gasteiger partial charge is 0.309 e. The Morgan fingerprint density at radius 3 is 2.21 bits per heavy atom. The summed E-state index contributed by atoms with van der Waals surface area (Å²) in [5.74, 6) is -1.08. The van der Waals surface area contributed by atoms with Gasteiger partial charge in [-0.05, 0) is 56.2 Å². The third-order valence-electron chi connectivity index (χ3n) is 4.33. The predicted molar refractivity (Wildman–Crippen MR) is 97.1 cm³/mol. The van der Waals surface area contributed by atoms with Crippen LogP contribution in [-0.2, 0) is 16.0 Å². The van der Waals surface area contributed by atoms with Crippen molar-refractivity contribution >= 4 is 17.5 Å². The number of carbonyl (C=O) groups is 2. The lowest BCUT2D eigenvalue weighted by Crippen LogP contribution is -2.40. The van der Waals surface area contributed by atoms with Gasteiger partial charge in [-0.2, -0.15) is 0 Å². The molecule has 0 spiro atoms. The van der Waals surface area contributed by atoms with E-state index in [1.807, 2.05) is 6.92 Å². The molecule has 2 N–H and O–H groups in total. The van der Waals surface area contributed by atoms with Crippen LogP contribution in [0.15, 0.2) is 24.3 Å². The number of anilines is 1. The number of carbonyl (C=O) groups excluding carboxylic acids is 2. The van der Waals surface area contributed by atoms with Crippen LogP contribution in [0.2, 0.25) is 0 Å². The Kier molecular flexibility index (Phi) is 7.59. The number of amides is 2. The number of nitrogens with zero attached hydrogens (tertiary/aromatic N) is 1. The van der Waals surface area contributed by atoms with Crippen LogP contribution in [0.3, 0.4) is 0 Å². The molecule has 2 rings (SSSR count). The van der Waals surface area contributed by atoms with E-state index in [4.69, 9.17) is 0 Å². The molecule has 1 aliphatic heterocycles. The van der Waals surface area contributed by atoms with Crippen molar-refractivity contribution in [2.24, 2.45) is 0 Å². The third-order valence-corrected chi connectivity index (χ3v) is 4.33. The topological polar surface area (TPSA) is 61.4 Å². The summed E-state index contributed by atoms with van der Waals surface area (Å²) in [6.07, 6.45) is 6.47. The zero-order valence-electron chi connectivity index (χ0n) is 14.6. The molecule has 1 heterocycles. The van der Waals surface area contributed by atoms with E-state index in [1.165, 1.54) is 30.5 Å². The number of benzene rings is 1. The summed E-state index contributed by atoms with van der Waals surface area (Å²) in [4.78, 5) is 25.4. The second kappa shape index (κ2) is 9.96. The van der Waals surface area contributed by atoms with Crippen LogP contribution in [0, 0.1) is 0 Å². The minimum absolute atomic E-state index is 0.520. The van der Waals surface area contributed by atoms with Gasteiger partial charge in [0.05, 0.1) is 0 Å². The molecule has 2 amide bonds. The molecule has 5 nitrogen and oxygen atoms in total. The van der Waals surface area contributed by atoms with E-state index < -0.39 is 11.8 Å². The quantitative estimate of drug-likeness (QED) is 0.595. The Morgan fingerprint density at radius 2 is 1.58 bits per heavy atom. The van der Waals surface area contributed by atoms with Gasteiger partial charge in [0.25, 0.3) is 0 Å². The molecule has 132 valence electrons. The molecule has 0 unspecified atom stereocenters. The van der Waals surface area contributed by atoms with Gasteiger partial charge in [-0.25, -0.2) is 0 Å². The van der Waals surface area contributed by atoms with Crippen molar-refractivity contribution in [1.82, 2.24) is 10.6 Å². The summed E-state index contributed by atoms with van der Waals surface area (Å²) < 4.78 is 0. The van der Waals surface area contributed by atoms with Gasteiger partial charge in [-0.3, -0.25) is 9.59 Å². The van der Waals surface area contributed by atoms with Gasteiger partial charge >= 0.3 is 11.8 Å². The standard InChI is InChI=1S/C19H29N3O2/c1-2-12-20-18(23)19(24)21-13-6-7-16-8-10-17(11-9-16)22-14-4-3-5-15-22/h8-11H,2-7,12-15H2,1H3,(H,20,23)(H,21,24). The SMILES string of the molecule is CCCNC(=O)C(=O)NCCCc1ccc(N2CCCCC2)cc1. The first-order valence-corrected chi connectivity index (χ1v) is 9.10. The highest BCUT2D eigenvalue weighted by Crippen LogP contribution is 2.20. The van der Waals surface area contributed by atoms with Gasteiger partial charge in [-0.15, -0.1) is 0 Å². The molecule has 1 fully saturated rings. The summed E-state index contributed by atoms with van der Waals surface area (Å²) in [7, 11) is 0. The maximum Gasteiger partial charge on any atom is 0.309 e. The predicted octanol–water partition coefficient (Wildman–Crippen LogP) is 2.25. The summed E-state index contributed by atoms with van der Waals surface area (Å²) >= 11 is 0. The van der Waals surface area contributed by atoms with Crippen molar-refractivity contribution in [2.45, 2.75) is 45.4 Å². The zero-order chi connectivity index (χ0) is 17.2. The molecule has 0 aromatic heterocycles. The van der Waals surface area contributed by atoms with Gasteiger partial charge in [0.2, 0.25) is 0 Å². The highest BCUT2D eigenvalue weighted by Gasteiger charge is 2.12. The molecule has 1 aliphatic rings. The Balaban J connectivity index is 1.67. The molecular weight excluding hydrogens is 302 g/mol. The van der Waals surface area contributed by atoms with Gasteiger partial charge in [0.1, 0.15) is 0 Å². The fourth-order valence-electron chi connectivity index (χ4n) is 2.92. The molecule has 24 heavy (non-hydrogen) atoms. The molecule has 1 aromatic rings. The average Bonchev–Trinajstić information content (AvgIpc) is 2.64. The molecule has 0 bridgehead atoms. The van der Waals surface area contributed by atoms with E-state index in [0.29, 0.717) is 13.1 Å². The Morgan fingerprint density at radius 1 is 0.958 bits per heavy atom. The molecule has 1 aromatic carbocycles. The maximum atomic E-state index is 11.6. The highest BCUT2D eigenvalue weighted by molar-refractivity contribution is 6.35. The summed E-state index contributed by atoms with van der Waals surface area (Å²) in [5, 5.41) is 5.24. The lowest BCUT2D eigenvalue weighted by Gasteiger charge is -2.28. The van der Waals surface area contributed by atoms with Crippen LogP contribution < -0.4 is 15.5 Å². The minimum atomic E-state index is -0.539. The monoisotopic (exact) mass is 331 g/mol. The number of rotatable bonds is 7. The fraction of sp³-hybridized carbons (Fsp3) is 0.579. The zero-order valence-corrected chi connectivity index (χ0v) is 14.6. The van der Waals surface area contributed by atoms with E-state index in [0.717, 1.165) is 32.4 Å². The van der Waals surface area contributed by atoms with Crippen LogP contribution in [0.1, 0.15) is 44.6 Å². The lowest BCUT2D eigenvalue weighted by atomic mass is 10.1. The van der Waals surface area contributed by atoms with Crippen LogP contribution in [-0.4, -0.2) is 38.0 Å². The summed E-state index contributed by atoms with van der Waals surface area (Å²) in [5.41, 5.74) is 2.57. The van der Waals surface area contributed by atoms with Crippen molar-refractivity contribution in [1.29, 1.82) is 0 Å². The number of aryl methyl sites for hydroxylation is 1. The van der Waals surface area contributed by atoms with Crippen molar-refractivity contribution in [3.05, 3.63) is 29.8 Å². The maximum absolute atomic E-state index is 11.6. The fourth-order valence-corrected chi connectivity index (χ4v) is 2.92. The molecule has 0 aliphatic carbocycles. The minimum Gasteiger partial charge on any atom is -0.372 e. The molecule has 0 atom stereocenters. The largest absolute Gasteiger partial charge is 0.372 e. The van der Waals surface area contributed by atoms with Crippen LogP contribution in [0.5, 0.6) is 0 Å². The molecule has 0 saturated carbocycles. The molecule has 1 saturated heterocycles. The van der Waals surface area contributed by atoms with Crippen LogP contribution in [0.4, 0.5) is 5.69 Å². The van der Waals surface area contributed by atoms with Crippen molar-refractivity contribution in [3.8, 4) is 0 Å². The van der Waals surface area contributed by atoms with Gasteiger partial charge in [0.15, 0.2) is 0 Å². The van der Waals surface area contributed by atoms with Crippen molar-refractivity contribution in [3.63, 3.8) is 0 Å². The van der Waals surface area contributed by atoms with Crippen molar-refractivity contribution < 1.29 is 9.59 Å². The Hall–Kier alpha value is -2.04. The Bertz CT molecular complexity index is 522. The molecule has 5 heteroatoms. The van der Waals surface area contributed by atoms with Crippen LogP contribution in [0.25, 0.3) is 0 Å². The first kappa shape index (κ1) is 18.3. The first-order valence-electron chi connectivity index (χ1n) is 9.10. The van der Waals surface area contributed by atoms with E-state index in [9.17, 15) is 9.59 Å². The van der Waals surface area contributed by atoms with Crippen LogP contribution >= 0.6 is 0 Å². The normalized spacial score (nSPS) is 14.3. The number of nitrogens with one attached hydrogen (secondary N) is 2. The average molecular weight is 331 g/mol. The Labute approximate surface area is 144 Å². The number of hydrogen-bond donors (Lipinski definition) is 2. The van der Waals surface area contributed by atoms with Gasteiger partial charge in [-0.1, -0.05) is 19.1 Å². The second-order valence-corrected chi connectivity index (χ2v) is 6.33. The molecular formula is C19H29N3O2. The van der Waals surface area contributed by atoms with E-state index in [1.54, 1.807) is 0 Å².